The summed E-state index contributed by atoms with van der Waals surface area (Å²) < 4.78 is 2.16. The summed E-state index contributed by atoms with van der Waals surface area (Å²) in [6, 6.07) is 27.9. The molecular formula is C26H25N3O2S. The van der Waals surface area contributed by atoms with Crippen molar-refractivity contribution >= 4 is 33.8 Å². The lowest BCUT2D eigenvalue weighted by atomic mass is 9.97. The van der Waals surface area contributed by atoms with Crippen LogP contribution in [-0.2, 0) is 0 Å². The number of nitrogens with zero attached hydrogens (tertiary/aromatic N) is 3. The van der Waals surface area contributed by atoms with E-state index in [-0.39, 0.29) is 16.8 Å². The number of likely N-dealkylation sites (tertiary alicyclic amines) is 1. The third-order valence-corrected chi connectivity index (χ3v) is 7.32. The maximum absolute atomic E-state index is 11.9. The molecule has 0 amide bonds. The fourth-order valence-electron chi connectivity index (χ4n) is 4.61. The lowest BCUT2D eigenvalue weighted by Crippen LogP contribution is -2.46. The summed E-state index contributed by atoms with van der Waals surface area (Å²) in [5.74, 6) is 0. The molecule has 2 heterocycles. The smallest absolute Gasteiger partial charge is 0.284 e. The van der Waals surface area contributed by atoms with E-state index in [0.717, 1.165) is 42.0 Å². The summed E-state index contributed by atoms with van der Waals surface area (Å²) >= 11 is 1.62. The molecule has 0 saturated carbocycles. The van der Waals surface area contributed by atoms with Crippen LogP contribution in [0.3, 0.4) is 0 Å². The Morgan fingerprint density at radius 3 is 2.03 bits per heavy atom. The number of hydrogen-bond acceptors (Lipinski definition) is 5. The van der Waals surface area contributed by atoms with E-state index in [0.29, 0.717) is 5.69 Å². The largest absolute Gasteiger partial charge is 0.293 e. The fraction of sp³-hybridized carbons (Fsp3) is 0.231. The summed E-state index contributed by atoms with van der Waals surface area (Å²) in [6.07, 6.45) is 3.46. The van der Waals surface area contributed by atoms with Crippen molar-refractivity contribution < 1.29 is 4.92 Å². The van der Waals surface area contributed by atoms with Crippen molar-refractivity contribution in [1.29, 1.82) is 0 Å². The highest BCUT2D eigenvalue weighted by atomic mass is 32.2. The van der Waals surface area contributed by atoms with Crippen molar-refractivity contribution in [1.82, 2.24) is 4.90 Å². The first kappa shape index (κ1) is 20.8. The van der Waals surface area contributed by atoms with Crippen molar-refractivity contribution in [2.24, 2.45) is 0 Å². The van der Waals surface area contributed by atoms with E-state index >= 15 is 0 Å². The Bertz CT molecular complexity index is 1130. The van der Waals surface area contributed by atoms with Gasteiger partial charge in [0.05, 0.1) is 4.92 Å². The summed E-state index contributed by atoms with van der Waals surface area (Å²) in [7, 11) is 0. The highest BCUT2D eigenvalue weighted by Gasteiger charge is 2.41. The molecule has 0 bridgehead atoms. The van der Waals surface area contributed by atoms with Gasteiger partial charge in [0.15, 0.2) is 0 Å². The van der Waals surface area contributed by atoms with Crippen LogP contribution in [0.15, 0.2) is 84.9 Å². The second-order valence-electron chi connectivity index (χ2n) is 8.11. The van der Waals surface area contributed by atoms with Crippen LogP contribution in [0.4, 0.5) is 11.4 Å². The molecule has 0 N–H and O–H groups in total. The molecular weight excluding hydrogens is 418 g/mol. The Labute approximate surface area is 192 Å². The van der Waals surface area contributed by atoms with Gasteiger partial charge in [0.25, 0.3) is 5.69 Å². The monoisotopic (exact) mass is 443 g/mol. The van der Waals surface area contributed by atoms with Gasteiger partial charge in [-0.1, -0.05) is 79.2 Å². The van der Waals surface area contributed by atoms with E-state index in [9.17, 15) is 10.1 Å². The molecule has 6 heteroatoms. The normalized spacial score (nSPS) is 19.4. The Kier molecular flexibility index (Phi) is 5.97. The SMILES string of the molecule is O=[N+]([O-])c1ccccc1N1SC(c2ccccc2)=C(c2ccccc2)C1N1CCCCC1. The average molecular weight is 444 g/mol. The molecule has 162 valence electrons. The van der Waals surface area contributed by atoms with Crippen molar-refractivity contribution in [3.8, 4) is 0 Å². The first-order valence-corrected chi connectivity index (χ1v) is 11.8. The van der Waals surface area contributed by atoms with Crippen LogP contribution in [0, 0.1) is 10.1 Å². The van der Waals surface area contributed by atoms with Gasteiger partial charge in [-0.25, -0.2) is 0 Å². The summed E-state index contributed by atoms with van der Waals surface area (Å²) in [5, 5.41) is 11.9. The fourth-order valence-corrected chi connectivity index (χ4v) is 5.96. The molecule has 1 saturated heterocycles. The van der Waals surface area contributed by atoms with Crippen molar-refractivity contribution in [3.63, 3.8) is 0 Å². The summed E-state index contributed by atoms with van der Waals surface area (Å²) in [4.78, 5) is 15.3. The number of benzene rings is 3. The average Bonchev–Trinajstić information content (AvgIpc) is 3.26. The van der Waals surface area contributed by atoms with E-state index < -0.39 is 0 Å². The van der Waals surface area contributed by atoms with Gasteiger partial charge in [-0.2, -0.15) is 0 Å². The zero-order valence-corrected chi connectivity index (χ0v) is 18.6. The van der Waals surface area contributed by atoms with E-state index in [2.05, 4.69) is 57.7 Å². The molecule has 0 radical (unpaired) electrons. The zero-order valence-electron chi connectivity index (χ0n) is 17.8. The third-order valence-electron chi connectivity index (χ3n) is 6.09. The maximum atomic E-state index is 11.9. The number of nitro groups is 1. The van der Waals surface area contributed by atoms with Gasteiger partial charge in [0.1, 0.15) is 11.9 Å². The van der Waals surface area contributed by atoms with Crippen LogP contribution in [0.1, 0.15) is 30.4 Å². The molecule has 0 aromatic heterocycles. The molecule has 5 nitrogen and oxygen atoms in total. The molecule has 0 spiro atoms. The minimum Gasteiger partial charge on any atom is -0.284 e. The van der Waals surface area contributed by atoms with Crippen LogP contribution in [-0.4, -0.2) is 29.1 Å². The molecule has 3 aromatic carbocycles. The first-order valence-electron chi connectivity index (χ1n) is 11.0. The molecule has 2 aliphatic rings. The Balaban J connectivity index is 1.71. The molecule has 3 aromatic rings. The van der Waals surface area contributed by atoms with Crippen LogP contribution >= 0.6 is 11.9 Å². The quantitative estimate of drug-likeness (QED) is 0.258. The van der Waals surface area contributed by atoms with Gasteiger partial charge in [0, 0.05) is 29.6 Å². The molecule has 32 heavy (non-hydrogen) atoms. The first-order chi connectivity index (χ1) is 15.7. The van der Waals surface area contributed by atoms with Crippen molar-refractivity contribution in [3.05, 3.63) is 106 Å². The van der Waals surface area contributed by atoms with Gasteiger partial charge >= 0.3 is 0 Å². The topological polar surface area (TPSA) is 49.6 Å². The van der Waals surface area contributed by atoms with Crippen LogP contribution < -0.4 is 4.31 Å². The van der Waals surface area contributed by atoms with E-state index in [1.807, 2.05) is 24.3 Å². The van der Waals surface area contributed by atoms with Crippen LogP contribution in [0.5, 0.6) is 0 Å². The van der Waals surface area contributed by atoms with Gasteiger partial charge in [-0.15, -0.1) is 0 Å². The minimum atomic E-state index is -0.272. The second kappa shape index (κ2) is 9.18. The highest BCUT2D eigenvalue weighted by molar-refractivity contribution is 8.10. The Morgan fingerprint density at radius 1 is 0.781 bits per heavy atom. The number of rotatable bonds is 5. The standard InChI is InChI=1S/C26H25N3O2S/c30-29(31)23-17-9-8-16-22(23)28-26(27-18-10-3-11-19-27)24(20-12-4-1-5-13-20)25(32-28)21-14-6-2-7-15-21/h1-2,4-9,12-17,26H,3,10-11,18-19H2. The van der Waals surface area contributed by atoms with E-state index in [4.69, 9.17) is 0 Å². The zero-order chi connectivity index (χ0) is 21.9. The van der Waals surface area contributed by atoms with Gasteiger partial charge in [-0.05, 0) is 42.0 Å². The number of anilines is 1. The highest BCUT2D eigenvalue weighted by Crippen LogP contribution is 2.52. The molecule has 1 unspecified atom stereocenters. The number of hydrogen-bond donors (Lipinski definition) is 0. The lowest BCUT2D eigenvalue weighted by molar-refractivity contribution is -0.384. The third kappa shape index (κ3) is 3.92. The Morgan fingerprint density at radius 2 is 1.38 bits per heavy atom. The molecule has 0 aliphatic carbocycles. The Hall–Kier alpha value is -3.09. The molecule has 2 aliphatic heterocycles. The number of para-hydroxylation sites is 2. The van der Waals surface area contributed by atoms with Crippen molar-refractivity contribution in [2.45, 2.75) is 25.4 Å². The number of piperidine rings is 1. The molecule has 1 fully saturated rings. The van der Waals surface area contributed by atoms with Gasteiger partial charge in [0.2, 0.25) is 0 Å². The van der Waals surface area contributed by atoms with E-state index in [1.165, 1.54) is 12.0 Å². The van der Waals surface area contributed by atoms with Crippen molar-refractivity contribution in [2.75, 3.05) is 17.4 Å². The van der Waals surface area contributed by atoms with Gasteiger partial charge < -0.3 is 0 Å². The number of nitro benzene ring substituents is 1. The van der Waals surface area contributed by atoms with Gasteiger partial charge in [-0.3, -0.25) is 19.3 Å². The lowest BCUT2D eigenvalue weighted by Gasteiger charge is -2.38. The predicted molar refractivity (Wildman–Crippen MR) is 132 cm³/mol. The van der Waals surface area contributed by atoms with Crippen LogP contribution in [0.2, 0.25) is 0 Å². The maximum Gasteiger partial charge on any atom is 0.293 e. The minimum absolute atomic E-state index is 0.0704. The summed E-state index contributed by atoms with van der Waals surface area (Å²) in [5.41, 5.74) is 4.32. The second-order valence-corrected chi connectivity index (χ2v) is 9.09. The van der Waals surface area contributed by atoms with Crippen LogP contribution in [0.25, 0.3) is 10.5 Å². The predicted octanol–water partition coefficient (Wildman–Crippen LogP) is 6.44. The molecule has 5 rings (SSSR count). The summed E-state index contributed by atoms with van der Waals surface area (Å²) in [6.45, 7) is 1.97. The van der Waals surface area contributed by atoms with E-state index in [1.54, 1.807) is 24.1 Å². The molecule has 1 atom stereocenters.